The predicted molar refractivity (Wildman–Crippen MR) is 96.8 cm³/mol. The van der Waals surface area contributed by atoms with Gasteiger partial charge < -0.3 is 14.2 Å². The highest BCUT2D eigenvalue weighted by atomic mass is 16.5. The van der Waals surface area contributed by atoms with E-state index in [1.165, 1.54) is 5.56 Å². The van der Waals surface area contributed by atoms with Gasteiger partial charge in [0.05, 0.1) is 13.2 Å². The third-order valence-corrected chi connectivity index (χ3v) is 4.13. The van der Waals surface area contributed by atoms with E-state index in [2.05, 4.69) is 48.0 Å². The summed E-state index contributed by atoms with van der Waals surface area (Å²) in [5.74, 6) is 0.210. The van der Waals surface area contributed by atoms with Crippen LogP contribution in [0.15, 0.2) is 48.7 Å². The zero-order valence-corrected chi connectivity index (χ0v) is 14.8. The second-order valence-electron chi connectivity index (χ2n) is 6.02. The maximum atomic E-state index is 12.5. The molecule has 0 fully saturated rings. The Bertz CT molecular complexity index is 607. The van der Waals surface area contributed by atoms with E-state index in [0.29, 0.717) is 26.1 Å². The van der Waals surface area contributed by atoms with Crippen molar-refractivity contribution in [2.75, 3.05) is 20.3 Å². The Morgan fingerprint density at radius 3 is 2.67 bits per heavy atom. The van der Waals surface area contributed by atoms with Crippen LogP contribution in [0.1, 0.15) is 37.4 Å². The SMILES string of the molecule is CCCCC(=O)N(CCOC)Cc1cccn1Cc1ccccc1. The molecule has 0 spiro atoms. The first kappa shape index (κ1) is 18.3. The fourth-order valence-corrected chi connectivity index (χ4v) is 2.70. The number of nitrogens with zero attached hydrogens (tertiary/aromatic N) is 2. The first-order chi connectivity index (χ1) is 11.7. The Morgan fingerprint density at radius 2 is 1.96 bits per heavy atom. The van der Waals surface area contributed by atoms with Gasteiger partial charge in [0.2, 0.25) is 5.91 Å². The first-order valence-corrected chi connectivity index (χ1v) is 8.69. The van der Waals surface area contributed by atoms with E-state index in [-0.39, 0.29) is 5.91 Å². The minimum atomic E-state index is 0.210. The topological polar surface area (TPSA) is 34.5 Å². The molecule has 0 aliphatic rings. The lowest BCUT2D eigenvalue weighted by molar-refractivity contribution is -0.132. The highest BCUT2D eigenvalue weighted by molar-refractivity contribution is 5.76. The highest BCUT2D eigenvalue weighted by Gasteiger charge is 2.15. The minimum absolute atomic E-state index is 0.210. The Labute approximate surface area is 145 Å². The van der Waals surface area contributed by atoms with E-state index >= 15 is 0 Å². The lowest BCUT2D eigenvalue weighted by atomic mass is 10.2. The summed E-state index contributed by atoms with van der Waals surface area (Å²) >= 11 is 0. The normalized spacial score (nSPS) is 10.8. The van der Waals surface area contributed by atoms with Gasteiger partial charge >= 0.3 is 0 Å². The smallest absolute Gasteiger partial charge is 0.222 e. The van der Waals surface area contributed by atoms with Crippen molar-refractivity contribution in [3.63, 3.8) is 0 Å². The number of hydrogen-bond donors (Lipinski definition) is 0. The molecule has 0 aliphatic heterocycles. The molecule has 0 N–H and O–H groups in total. The summed E-state index contributed by atoms with van der Waals surface area (Å²) in [4.78, 5) is 14.4. The maximum Gasteiger partial charge on any atom is 0.222 e. The fourth-order valence-electron chi connectivity index (χ4n) is 2.70. The molecule has 0 bridgehead atoms. The number of benzene rings is 1. The van der Waals surface area contributed by atoms with Gasteiger partial charge in [0.25, 0.3) is 0 Å². The Hall–Kier alpha value is -2.07. The molecule has 2 aromatic rings. The van der Waals surface area contributed by atoms with Gasteiger partial charge in [0, 0.05) is 38.5 Å². The van der Waals surface area contributed by atoms with Crippen LogP contribution in [0.3, 0.4) is 0 Å². The van der Waals surface area contributed by atoms with Crippen LogP contribution >= 0.6 is 0 Å². The van der Waals surface area contributed by atoms with Gasteiger partial charge in [-0.25, -0.2) is 0 Å². The van der Waals surface area contributed by atoms with E-state index < -0.39 is 0 Å². The van der Waals surface area contributed by atoms with Crippen molar-refractivity contribution in [3.05, 3.63) is 59.9 Å². The molecule has 0 radical (unpaired) electrons. The molecule has 0 aliphatic carbocycles. The molecule has 1 aromatic heterocycles. The van der Waals surface area contributed by atoms with E-state index in [1.807, 2.05) is 17.0 Å². The van der Waals surface area contributed by atoms with Crippen LogP contribution < -0.4 is 0 Å². The van der Waals surface area contributed by atoms with Crippen molar-refractivity contribution in [2.45, 2.75) is 39.3 Å². The number of rotatable bonds is 10. The predicted octanol–water partition coefficient (Wildman–Crippen LogP) is 3.70. The second-order valence-corrected chi connectivity index (χ2v) is 6.02. The third kappa shape index (κ3) is 5.53. The second kappa shape index (κ2) is 9.93. The molecule has 0 unspecified atom stereocenters. The van der Waals surface area contributed by atoms with Crippen molar-refractivity contribution in [3.8, 4) is 0 Å². The molecule has 1 heterocycles. The maximum absolute atomic E-state index is 12.5. The van der Waals surface area contributed by atoms with Crippen LogP contribution in [0.4, 0.5) is 0 Å². The molecular formula is C20H28N2O2. The molecule has 130 valence electrons. The minimum Gasteiger partial charge on any atom is -0.383 e. The Kier molecular flexibility index (Phi) is 7.56. The number of hydrogen-bond acceptors (Lipinski definition) is 2. The van der Waals surface area contributed by atoms with Gasteiger partial charge in [-0.05, 0) is 24.1 Å². The zero-order valence-electron chi connectivity index (χ0n) is 14.8. The quantitative estimate of drug-likeness (QED) is 0.666. The number of unbranched alkanes of at least 4 members (excludes halogenated alkanes) is 1. The summed E-state index contributed by atoms with van der Waals surface area (Å²) in [5, 5.41) is 0. The summed E-state index contributed by atoms with van der Waals surface area (Å²) in [5.41, 5.74) is 2.41. The van der Waals surface area contributed by atoms with Crippen LogP contribution in [0.5, 0.6) is 0 Å². The van der Waals surface area contributed by atoms with Crippen molar-refractivity contribution in [1.29, 1.82) is 0 Å². The molecule has 0 atom stereocenters. The average Bonchev–Trinajstić information content (AvgIpc) is 3.04. The van der Waals surface area contributed by atoms with Crippen molar-refractivity contribution >= 4 is 5.91 Å². The lowest BCUT2D eigenvalue weighted by Gasteiger charge is -2.23. The molecule has 24 heavy (non-hydrogen) atoms. The van der Waals surface area contributed by atoms with E-state index in [1.54, 1.807) is 7.11 Å². The summed E-state index contributed by atoms with van der Waals surface area (Å²) in [6.07, 6.45) is 4.66. The third-order valence-electron chi connectivity index (χ3n) is 4.13. The van der Waals surface area contributed by atoms with Crippen molar-refractivity contribution < 1.29 is 9.53 Å². The summed E-state index contributed by atoms with van der Waals surface area (Å²) in [6, 6.07) is 14.5. The van der Waals surface area contributed by atoms with Crippen molar-refractivity contribution in [2.24, 2.45) is 0 Å². The van der Waals surface area contributed by atoms with Gasteiger partial charge in [-0.3, -0.25) is 4.79 Å². The standard InChI is InChI=1S/C20H28N2O2/c1-3-4-12-20(23)22(14-15-24-2)17-19-11-8-13-21(19)16-18-9-6-5-7-10-18/h5-11,13H,3-4,12,14-17H2,1-2H3. The van der Waals surface area contributed by atoms with Crippen LogP contribution in [-0.2, 0) is 22.6 Å². The Balaban J connectivity index is 2.05. The van der Waals surface area contributed by atoms with Gasteiger partial charge in [-0.2, -0.15) is 0 Å². The highest BCUT2D eigenvalue weighted by Crippen LogP contribution is 2.12. The number of aromatic nitrogens is 1. The molecule has 4 heteroatoms. The monoisotopic (exact) mass is 328 g/mol. The van der Waals surface area contributed by atoms with E-state index in [9.17, 15) is 4.79 Å². The molecule has 1 aromatic carbocycles. The van der Waals surface area contributed by atoms with Gasteiger partial charge in [0.15, 0.2) is 0 Å². The zero-order chi connectivity index (χ0) is 17.2. The van der Waals surface area contributed by atoms with Gasteiger partial charge in [-0.1, -0.05) is 43.7 Å². The van der Waals surface area contributed by atoms with E-state index in [4.69, 9.17) is 4.74 Å². The summed E-state index contributed by atoms with van der Waals surface area (Å²) in [7, 11) is 1.67. The van der Waals surface area contributed by atoms with Crippen LogP contribution in [0, 0.1) is 0 Å². The van der Waals surface area contributed by atoms with Crippen LogP contribution in [0.2, 0.25) is 0 Å². The molecule has 0 saturated carbocycles. The summed E-state index contributed by atoms with van der Waals surface area (Å²) in [6.45, 7) is 4.76. The Morgan fingerprint density at radius 1 is 1.17 bits per heavy atom. The number of amides is 1. The van der Waals surface area contributed by atoms with Crippen LogP contribution in [0.25, 0.3) is 0 Å². The lowest BCUT2D eigenvalue weighted by Crippen LogP contribution is -2.34. The number of carbonyl (C=O) groups is 1. The molecule has 1 amide bonds. The molecule has 2 rings (SSSR count). The first-order valence-electron chi connectivity index (χ1n) is 8.69. The fraction of sp³-hybridized carbons (Fsp3) is 0.450. The summed E-state index contributed by atoms with van der Waals surface area (Å²) < 4.78 is 7.38. The molecule has 0 saturated heterocycles. The largest absolute Gasteiger partial charge is 0.383 e. The van der Waals surface area contributed by atoms with Crippen molar-refractivity contribution in [1.82, 2.24) is 9.47 Å². The number of carbonyl (C=O) groups excluding carboxylic acids is 1. The van der Waals surface area contributed by atoms with Crippen LogP contribution in [-0.4, -0.2) is 35.6 Å². The number of methoxy groups -OCH3 is 1. The van der Waals surface area contributed by atoms with E-state index in [0.717, 1.165) is 25.1 Å². The average molecular weight is 328 g/mol. The van der Waals surface area contributed by atoms with Gasteiger partial charge in [0.1, 0.15) is 0 Å². The molecule has 4 nitrogen and oxygen atoms in total. The molecular weight excluding hydrogens is 300 g/mol. The number of ether oxygens (including phenoxy) is 1. The van der Waals surface area contributed by atoms with Gasteiger partial charge in [-0.15, -0.1) is 0 Å².